The number of aryl methyl sites for hydroxylation is 1. The predicted molar refractivity (Wildman–Crippen MR) is 75.7 cm³/mol. The van der Waals surface area contributed by atoms with E-state index in [9.17, 15) is 9.90 Å². The number of nitrogens with one attached hydrogen (secondary N) is 1. The van der Waals surface area contributed by atoms with E-state index in [4.69, 9.17) is 4.74 Å². The molecule has 0 bridgehead atoms. The number of amides is 2. The van der Waals surface area contributed by atoms with E-state index in [2.05, 4.69) is 5.32 Å². The first-order chi connectivity index (χ1) is 8.93. The Labute approximate surface area is 114 Å². The van der Waals surface area contributed by atoms with E-state index in [0.717, 1.165) is 11.3 Å². The van der Waals surface area contributed by atoms with Gasteiger partial charge >= 0.3 is 6.03 Å². The molecule has 0 aliphatic rings. The predicted octanol–water partition coefficient (Wildman–Crippen LogP) is 2.24. The largest absolute Gasteiger partial charge is 0.497 e. The van der Waals surface area contributed by atoms with Gasteiger partial charge in [0.2, 0.25) is 0 Å². The maximum atomic E-state index is 12.0. The quantitative estimate of drug-likeness (QED) is 0.859. The van der Waals surface area contributed by atoms with Crippen molar-refractivity contribution in [2.45, 2.75) is 26.4 Å². The van der Waals surface area contributed by atoms with Crippen molar-refractivity contribution in [2.75, 3.05) is 26.0 Å². The maximum absolute atomic E-state index is 12.0. The van der Waals surface area contributed by atoms with Gasteiger partial charge in [-0.2, -0.15) is 0 Å². The molecule has 1 atom stereocenters. The minimum absolute atomic E-state index is 0.197. The maximum Gasteiger partial charge on any atom is 0.321 e. The second kappa shape index (κ2) is 6.99. The van der Waals surface area contributed by atoms with Gasteiger partial charge in [0.25, 0.3) is 0 Å². The van der Waals surface area contributed by atoms with Crippen LogP contribution in [0, 0.1) is 6.92 Å². The van der Waals surface area contributed by atoms with Crippen LogP contribution in [-0.4, -0.2) is 42.8 Å². The van der Waals surface area contributed by atoms with Gasteiger partial charge in [0.1, 0.15) is 5.75 Å². The Balaban J connectivity index is 2.65. The van der Waals surface area contributed by atoms with Crippen molar-refractivity contribution in [1.29, 1.82) is 0 Å². The van der Waals surface area contributed by atoms with Crippen LogP contribution in [0.25, 0.3) is 0 Å². The Bertz CT molecular complexity index is 433. The molecule has 0 saturated carbocycles. The normalized spacial score (nSPS) is 11.8. The van der Waals surface area contributed by atoms with Gasteiger partial charge < -0.3 is 20.1 Å². The van der Waals surface area contributed by atoms with Crippen LogP contribution in [0.2, 0.25) is 0 Å². The van der Waals surface area contributed by atoms with E-state index >= 15 is 0 Å². The lowest BCUT2D eigenvalue weighted by Crippen LogP contribution is -2.33. The van der Waals surface area contributed by atoms with Crippen LogP contribution in [0.15, 0.2) is 18.2 Å². The van der Waals surface area contributed by atoms with Crippen molar-refractivity contribution in [3.63, 3.8) is 0 Å². The molecule has 19 heavy (non-hydrogen) atoms. The van der Waals surface area contributed by atoms with Crippen LogP contribution >= 0.6 is 0 Å². The molecule has 1 rings (SSSR count). The zero-order valence-electron chi connectivity index (χ0n) is 11.9. The molecule has 0 aliphatic carbocycles. The van der Waals surface area contributed by atoms with Crippen molar-refractivity contribution in [3.8, 4) is 5.75 Å². The summed E-state index contributed by atoms with van der Waals surface area (Å²) in [5, 5.41) is 12.0. The van der Waals surface area contributed by atoms with E-state index in [1.54, 1.807) is 32.0 Å². The first-order valence-electron chi connectivity index (χ1n) is 6.29. The zero-order chi connectivity index (χ0) is 14.4. The van der Waals surface area contributed by atoms with E-state index < -0.39 is 6.10 Å². The van der Waals surface area contributed by atoms with Gasteiger partial charge in [-0.3, -0.25) is 0 Å². The molecule has 5 heteroatoms. The monoisotopic (exact) mass is 266 g/mol. The molecule has 0 heterocycles. The molecule has 0 saturated heterocycles. The topological polar surface area (TPSA) is 61.8 Å². The number of carbonyl (C=O) groups excluding carboxylic acids is 1. The summed E-state index contributed by atoms with van der Waals surface area (Å²) in [5.74, 6) is 0.701. The van der Waals surface area contributed by atoms with Crippen molar-refractivity contribution in [3.05, 3.63) is 23.8 Å². The Morgan fingerprint density at radius 2 is 2.21 bits per heavy atom. The van der Waals surface area contributed by atoms with Crippen LogP contribution < -0.4 is 10.1 Å². The van der Waals surface area contributed by atoms with Gasteiger partial charge in [-0.25, -0.2) is 4.79 Å². The van der Waals surface area contributed by atoms with E-state index in [-0.39, 0.29) is 6.03 Å². The average Bonchev–Trinajstić information content (AvgIpc) is 2.38. The highest BCUT2D eigenvalue weighted by atomic mass is 16.5. The fourth-order valence-electron chi connectivity index (χ4n) is 1.56. The van der Waals surface area contributed by atoms with E-state index in [0.29, 0.717) is 18.7 Å². The zero-order valence-corrected chi connectivity index (χ0v) is 11.9. The molecule has 1 aromatic carbocycles. The Morgan fingerprint density at radius 3 is 2.79 bits per heavy atom. The van der Waals surface area contributed by atoms with Crippen molar-refractivity contribution in [1.82, 2.24) is 4.90 Å². The lowest BCUT2D eigenvalue weighted by molar-refractivity contribution is 0.167. The number of aliphatic hydroxyl groups is 1. The highest BCUT2D eigenvalue weighted by Gasteiger charge is 2.11. The van der Waals surface area contributed by atoms with E-state index in [1.807, 2.05) is 19.1 Å². The summed E-state index contributed by atoms with van der Waals surface area (Å²) >= 11 is 0. The average molecular weight is 266 g/mol. The molecule has 2 N–H and O–H groups in total. The van der Waals surface area contributed by atoms with Crippen LogP contribution in [-0.2, 0) is 0 Å². The minimum atomic E-state index is -0.409. The highest BCUT2D eigenvalue weighted by Crippen LogP contribution is 2.21. The molecule has 106 valence electrons. The lowest BCUT2D eigenvalue weighted by atomic mass is 10.2. The summed E-state index contributed by atoms with van der Waals surface area (Å²) in [6.45, 7) is 4.13. The molecule has 2 amide bonds. The Hall–Kier alpha value is -1.75. The number of ether oxygens (including phenoxy) is 1. The molecule has 0 fully saturated rings. The van der Waals surface area contributed by atoms with Gasteiger partial charge in [-0.1, -0.05) is 6.07 Å². The van der Waals surface area contributed by atoms with Crippen molar-refractivity contribution < 1.29 is 14.6 Å². The fraction of sp³-hybridized carbons (Fsp3) is 0.500. The first-order valence-corrected chi connectivity index (χ1v) is 6.29. The third-order valence-corrected chi connectivity index (χ3v) is 2.92. The van der Waals surface area contributed by atoms with Crippen molar-refractivity contribution >= 4 is 11.7 Å². The number of aliphatic hydroxyl groups excluding tert-OH is 1. The van der Waals surface area contributed by atoms with Crippen LogP contribution in [0.3, 0.4) is 0 Å². The van der Waals surface area contributed by atoms with Crippen LogP contribution in [0.4, 0.5) is 10.5 Å². The summed E-state index contributed by atoms with van der Waals surface area (Å²) in [5.41, 5.74) is 1.70. The third-order valence-electron chi connectivity index (χ3n) is 2.92. The number of anilines is 1. The minimum Gasteiger partial charge on any atom is -0.497 e. The molecule has 5 nitrogen and oxygen atoms in total. The summed E-state index contributed by atoms with van der Waals surface area (Å²) in [7, 11) is 3.29. The third kappa shape index (κ3) is 4.79. The number of methoxy groups -OCH3 is 1. The fourth-order valence-corrected chi connectivity index (χ4v) is 1.56. The van der Waals surface area contributed by atoms with Crippen molar-refractivity contribution in [2.24, 2.45) is 0 Å². The van der Waals surface area contributed by atoms with E-state index in [1.165, 1.54) is 0 Å². The SMILES string of the molecule is COc1ccc(C)c(NC(=O)N(C)CCC(C)O)c1. The molecule has 0 aromatic heterocycles. The van der Waals surface area contributed by atoms with Gasteiger partial charge in [0.15, 0.2) is 0 Å². The number of hydrogen-bond donors (Lipinski definition) is 2. The number of benzene rings is 1. The van der Waals surface area contributed by atoms with Gasteiger partial charge in [-0.05, 0) is 31.9 Å². The molecular formula is C14H22N2O3. The number of hydrogen-bond acceptors (Lipinski definition) is 3. The first kappa shape index (κ1) is 15.3. The van der Waals surface area contributed by atoms with Gasteiger partial charge in [0, 0.05) is 25.3 Å². The summed E-state index contributed by atoms with van der Waals surface area (Å²) in [6.07, 6.45) is 0.148. The second-order valence-electron chi connectivity index (χ2n) is 4.67. The number of nitrogens with zero attached hydrogens (tertiary/aromatic N) is 1. The standard InChI is InChI=1S/C14H22N2O3/c1-10-5-6-12(19-4)9-13(10)15-14(18)16(3)8-7-11(2)17/h5-6,9,11,17H,7-8H2,1-4H3,(H,15,18). The summed E-state index contributed by atoms with van der Waals surface area (Å²) in [6, 6.07) is 5.33. The second-order valence-corrected chi connectivity index (χ2v) is 4.67. The molecular weight excluding hydrogens is 244 g/mol. The van der Waals surface area contributed by atoms with Gasteiger partial charge in [-0.15, -0.1) is 0 Å². The molecule has 0 radical (unpaired) electrons. The molecule has 0 spiro atoms. The Kier molecular flexibility index (Phi) is 5.63. The Morgan fingerprint density at radius 1 is 1.53 bits per heavy atom. The number of rotatable bonds is 5. The van der Waals surface area contributed by atoms with Crippen LogP contribution in [0.5, 0.6) is 5.75 Å². The lowest BCUT2D eigenvalue weighted by Gasteiger charge is -2.19. The molecule has 0 aliphatic heterocycles. The van der Waals surface area contributed by atoms with Crippen LogP contribution in [0.1, 0.15) is 18.9 Å². The molecule has 1 unspecified atom stereocenters. The number of urea groups is 1. The summed E-state index contributed by atoms with van der Waals surface area (Å²) in [4.78, 5) is 13.5. The van der Waals surface area contributed by atoms with Gasteiger partial charge in [0.05, 0.1) is 13.2 Å². The molecule has 1 aromatic rings. The summed E-state index contributed by atoms with van der Waals surface area (Å²) < 4.78 is 5.13. The highest BCUT2D eigenvalue weighted by molar-refractivity contribution is 5.90. The number of carbonyl (C=O) groups is 1. The smallest absolute Gasteiger partial charge is 0.321 e.